The van der Waals surface area contributed by atoms with Crippen molar-refractivity contribution in [3.05, 3.63) is 35.2 Å². The van der Waals surface area contributed by atoms with Crippen molar-refractivity contribution in [2.24, 2.45) is 0 Å². The smallest absolute Gasteiger partial charge is 0.165 e. The Balaban J connectivity index is 1.34. The summed E-state index contributed by atoms with van der Waals surface area (Å²) in [7, 11) is 0. The molecule has 1 aromatic heterocycles. The fraction of sp³-hybridized carbons (Fsp3) is 0.632. The van der Waals surface area contributed by atoms with E-state index in [1.165, 1.54) is 16.8 Å². The average Bonchev–Trinajstić information content (AvgIpc) is 3.31. The van der Waals surface area contributed by atoms with Crippen molar-refractivity contribution in [1.29, 1.82) is 0 Å². The van der Waals surface area contributed by atoms with Gasteiger partial charge >= 0.3 is 0 Å². The largest absolute Gasteiger partial charge is 0.376 e. The van der Waals surface area contributed by atoms with Crippen molar-refractivity contribution in [3.8, 4) is 0 Å². The van der Waals surface area contributed by atoms with Gasteiger partial charge in [-0.05, 0) is 54.3 Å². The number of rotatable bonds is 5. The Kier molecular flexibility index (Phi) is 5.17. The molecule has 4 rings (SSSR count). The van der Waals surface area contributed by atoms with Gasteiger partial charge in [0.2, 0.25) is 0 Å². The Bertz CT molecular complexity index is 731. The van der Waals surface area contributed by atoms with Crippen molar-refractivity contribution in [1.82, 2.24) is 25.1 Å². The maximum atomic E-state index is 5.72. The van der Waals surface area contributed by atoms with Crippen molar-refractivity contribution in [2.45, 2.75) is 45.9 Å². The lowest BCUT2D eigenvalue weighted by Crippen LogP contribution is -2.46. The van der Waals surface area contributed by atoms with Gasteiger partial charge < -0.3 is 9.64 Å². The molecule has 2 aliphatic heterocycles. The first-order valence-electron chi connectivity index (χ1n) is 9.60. The molecular weight excluding hydrogens is 328 g/mol. The zero-order chi connectivity index (χ0) is 17.9. The highest BCUT2D eigenvalue weighted by Crippen LogP contribution is 2.23. The molecule has 1 atom stereocenters. The van der Waals surface area contributed by atoms with Gasteiger partial charge in [-0.3, -0.25) is 4.90 Å². The maximum Gasteiger partial charge on any atom is 0.165 e. The van der Waals surface area contributed by atoms with Gasteiger partial charge in [0.25, 0.3) is 0 Å². The zero-order valence-electron chi connectivity index (χ0n) is 15.8. The second kappa shape index (κ2) is 7.72. The van der Waals surface area contributed by atoms with Crippen LogP contribution in [0.1, 0.15) is 29.8 Å². The number of benzene rings is 1. The van der Waals surface area contributed by atoms with Crippen LogP contribution in [0.25, 0.3) is 0 Å². The normalized spacial score (nSPS) is 21.5. The van der Waals surface area contributed by atoms with E-state index in [1.807, 2.05) is 4.68 Å². The molecule has 0 amide bonds. The summed E-state index contributed by atoms with van der Waals surface area (Å²) >= 11 is 0. The van der Waals surface area contributed by atoms with E-state index in [0.717, 1.165) is 64.5 Å². The van der Waals surface area contributed by atoms with Crippen molar-refractivity contribution in [2.75, 3.05) is 37.7 Å². The van der Waals surface area contributed by atoms with Gasteiger partial charge in [0, 0.05) is 38.5 Å². The third kappa shape index (κ3) is 3.88. The summed E-state index contributed by atoms with van der Waals surface area (Å²) in [6.45, 7) is 10.9. The second-order valence-electron chi connectivity index (χ2n) is 7.47. The summed E-state index contributed by atoms with van der Waals surface area (Å²) in [6, 6.07) is 6.70. The summed E-state index contributed by atoms with van der Waals surface area (Å²) < 4.78 is 7.64. The number of nitrogens with zero attached hydrogens (tertiary/aromatic N) is 6. The van der Waals surface area contributed by atoms with Gasteiger partial charge in [-0.25, -0.2) is 4.68 Å². The summed E-state index contributed by atoms with van der Waals surface area (Å²) in [4.78, 5) is 4.94. The Morgan fingerprint density at radius 2 is 2.00 bits per heavy atom. The van der Waals surface area contributed by atoms with Crippen LogP contribution < -0.4 is 4.90 Å². The van der Waals surface area contributed by atoms with E-state index in [9.17, 15) is 0 Å². The van der Waals surface area contributed by atoms with Gasteiger partial charge in [0.15, 0.2) is 5.82 Å². The van der Waals surface area contributed by atoms with E-state index in [2.05, 4.69) is 57.4 Å². The standard InChI is InChI=1S/C19H28N6O/c1-15-5-6-16(2)18(12-15)24-9-7-23(8-10-24)14-19-20-21-22-25(19)13-17-4-3-11-26-17/h5-6,12,17H,3-4,7-11,13-14H2,1-2H3/t17-/m0/s1. The molecule has 7 nitrogen and oxygen atoms in total. The van der Waals surface area contributed by atoms with Crippen LogP contribution in [0.2, 0.25) is 0 Å². The highest BCUT2D eigenvalue weighted by molar-refractivity contribution is 5.55. The molecule has 0 aliphatic carbocycles. The molecule has 0 saturated carbocycles. The van der Waals surface area contributed by atoms with Crippen LogP contribution in [-0.2, 0) is 17.8 Å². The minimum atomic E-state index is 0.262. The number of tetrazole rings is 1. The molecule has 0 bridgehead atoms. The minimum Gasteiger partial charge on any atom is -0.376 e. The van der Waals surface area contributed by atoms with Crippen molar-refractivity contribution >= 4 is 5.69 Å². The molecule has 2 fully saturated rings. The van der Waals surface area contributed by atoms with Crippen LogP contribution >= 0.6 is 0 Å². The zero-order valence-corrected chi connectivity index (χ0v) is 15.8. The number of ether oxygens (including phenoxy) is 1. The third-order valence-electron chi connectivity index (χ3n) is 5.45. The number of anilines is 1. The lowest BCUT2D eigenvalue weighted by atomic mass is 10.1. The van der Waals surface area contributed by atoms with Crippen LogP contribution in [0.5, 0.6) is 0 Å². The van der Waals surface area contributed by atoms with Gasteiger partial charge in [-0.2, -0.15) is 0 Å². The number of aryl methyl sites for hydroxylation is 2. The fourth-order valence-electron chi connectivity index (χ4n) is 3.87. The molecule has 140 valence electrons. The van der Waals surface area contributed by atoms with Crippen LogP contribution in [0.15, 0.2) is 18.2 Å². The number of aromatic nitrogens is 4. The lowest BCUT2D eigenvalue weighted by molar-refractivity contribution is 0.0916. The summed E-state index contributed by atoms with van der Waals surface area (Å²) in [5, 5.41) is 12.3. The first-order chi connectivity index (χ1) is 12.7. The molecule has 0 spiro atoms. The Morgan fingerprint density at radius 1 is 1.15 bits per heavy atom. The molecule has 2 saturated heterocycles. The molecule has 3 heterocycles. The van der Waals surface area contributed by atoms with Gasteiger partial charge in [-0.15, -0.1) is 5.10 Å². The summed E-state index contributed by atoms with van der Waals surface area (Å²) in [5.41, 5.74) is 4.04. The molecule has 1 aromatic carbocycles. The summed E-state index contributed by atoms with van der Waals surface area (Å²) in [6.07, 6.45) is 2.51. The van der Waals surface area contributed by atoms with E-state index in [-0.39, 0.29) is 6.10 Å². The van der Waals surface area contributed by atoms with Crippen LogP contribution in [0.4, 0.5) is 5.69 Å². The second-order valence-corrected chi connectivity index (χ2v) is 7.47. The van der Waals surface area contributed by atoms with Crippen LogP contribution in [0.3, 0.4) is 0 Å². The molecule has 0 unspecified atom stereocenters. The van der Waals surface area contributed by atoms with Gasteiger partial charge in [0.1, 0.15) is 0 Å². The first-order valence-corrected chi connectivity index (χ1v) is 9.60. The average molecular weight is 356 g/mol. The molecule has 2 aromatic rings. The highest BCUT2D eigenvalue weighted by atomic mass is 16.5. The van der Waals surface area contributed by atoms with Crippen molar-refractivity contribution in [3.63, 3.8) is 0 Å². The SMILES string of the molecule is Cc1ccc(C)c(N2CCN(Cc3nnnn3C[C@@H]3CCCO3)CC2)c1. The van der Waals surface area contributed by atoms with Crippen molar-refractivity contribution < 1.29 is 4.74 Å². The molecule has 0 radical (unpaired) electrons. The Labute approximate surface area is 154 Å². The molecule has 2 aliphatic rings. The lowest BCUT2D eigenvalue weighted by Gasteiger charge is -2.36. The van der Waals surface area contributed by atoms with E-state index in [4.69, 9.17) is 4.74 Å². The van der Waals surface area contributed by atoms with E-state index in [1.54, 1.807) is 0 Å². The van der Waals surface area contributed by atoms with Gasteiger partial charge in [0.05, 0.1) is 19.2 Å². The summed E-state index contributed by atoms with van der Waals surface area (Å²) in [5.74, 6) is 0.945. The molecule has 0 N–H and O–H groups in total. The first kappa shape index (κ1) is 17.4. The minimum absolute atomic E-state index is 0.262. The van der Waals surface area contributed by atoms with Crippen LogP contribution in [0, 0.1) is 13.8 Å². The number of hydrogen-bond donors (Lipinski definition) is 0. The molecular formula is C19H28N6O. The molecule has 26 heavy (non-hydrogen) atoms. The van der Waals surface area contributed by atoms with E-state index in [0.29, 0.717) is 0 Å². The fourth-order valence-corrected chi connectivity index (χ4v) is 3.87. The Hall–Kier alpha value is -1.99. The van der Waals surface area contributed by atoms with E-state index < -0.39 is 0 Å². The topological polar surface area (TPSA) is 59.3 Å². The monoisotopic (exact) mass is 356 g/mol. The highest BCUT2D eigenvalue weighted by Gasteiger charge is 2.22. The number of hydrogen-bond acceptors (Lipinski definition) is 6. The number of piperazine rings is 1. The predicted octanol–water partition coefficient (Wildman–Crippen LogP) is 1.79. The van der Waals surface area contributed by atoms with Crippen LogP contribution in [-0.4, -0.2) is 64.0 Å². The third-order valence-corrected chi connectivity index (χ3v) is 5.45. The quantitative estimate of drug-likeness (QED) is 0.814. The van der Waals surface area contributed by atoms with E-state index >= 15 is 0 Å². The maximum absolute atomic E-state index is 5.72. The predicted molar refractivity (Wildman–Crippen MR) is 100 cm³/mol. The molecule has 7 heteroatoms. The Morgan fingerprint density at radius 3 is 2.77 bits per heavy atom. The van der Waals surface area contributed by atoms with Gasteiger partial charge in [-0.1, -0.05) is 12.1 Å².